The summed E-state index contributed by atoms with van der Waals surface area (Å²) in [5.41, 5.74) is -0.883. The van der Waals surface area contributed by atoms with E-state index in [1.54, 1.807) is 25.1 Å². The fourth-order valence-corrected chi connectivity index (χ4v) is 4.23. The van der Waals surface area contributed by atoms with Crippen LogP contribution in [0.25, 0.3) is 11.0 Å². The number of fused-ring (bicyclic) bond motifs is 1. The molecule has 41 heavy (non-hydrogen) atoms. The SMILES string of the molecule is C[C@@H](NC(=O)CCC(F)(F)F)c1ccc2nc([C@@H](CC(C)(C)C(F)(F)F)NC(=O)c3cnn(CC4CC4)n3)[nH]c2c1. The molecule has 2 aromatic heterocycles. The highest BCUT2D eigenvalue weighted by atomic mass is 19.4. The first-order valence-electron chi connectivity index (χ1n) is 13.1. The van der Waals surface area contributed by atoms with Crippen LogP contribution in [0.5, 0.6) is 0 Å². The fraction of sp³-hybridized carbons (Fsp3) is 0.577. The van der Waals surface area contributed by atoms with Gasteiger partial charge < -0.3 is 15.6 Å². The third-order valence-corrected chi connectivity index (χ3v) is 7.04. The van der Waals surface area contributed by atoms with Gasteiger partial charge in [-0.25, -0.2) is 4.98 Å². The van der Waals surface area contributed by atoms with E-state index in [1.807, 2.05) is 0 Å². The molecule has 0 radical (unpaired) electrons. The number of aromatic amines is 1. The van der Waals surface area contributed by atoms with E-state index in [9.17, 15) is 35.9 Å². The second-order valence-corrected chi connectivity index (χ2v) is 11.1. The molecule has 1 saturated carbocycles. The minimum atomic E-state index is -4.57. The first kappa shape index (κ1) is 30.3. The highest BCUT2D eigenvalue weighted by molar-refractivity contribution is 5.92. The molecule has 0 bridgehead atoms. The Morgan fingerprint density at radius 1 is 1.12 bits per heavy atom. The standard InChI is InChI=1S/C26H31F6N7O2/c1-14(34-21(40)8-9-25(27,28)29)16-6-7-17-18(10-16)36-22(35-17)19(11-24(2,3)26(30,31)32)37-23(41)20-12-33-39(38-20)13-15-4-5-15/h6-7,10,12,14-15,19H,4-5,8-9,11,13H2,1-3H3,(H,34,40)(H,35,36)(H,37,41)/t14-,19-/m1/s1. The van der Waals surface area contributed by atoms with Gasteiger partial charge in [0.2, 0.25) is 5.91 Å². The Hall–Kier alpha value is -3.65. The van der Waals surface area contributed by atoms with Gasteiger partial charge in [-0.1, -0.05) is 19.9 Å². The van der Waals surface area contributed by atoms with Crippen LogP contribution in [0.15, 0.2) is 24.4 Å². The van der Waals surface area contributed by atoms with Crippen LogP contribution in [0.4, 0.5) is 26.3 Å². The number of benzene rings is 1. The molecule has 1 fully saturated rings. The Kier molecular flexibility index (Phi) is 8.37. The average Bonchev–Trinajstić information content (AvgIpc) is 3.37. The summed E-state index contributed by atoms with van der Waals surface area (Å²) in [7, 11) is 0. The Morgan fingerprint density at radius 3 is 2.46 bits per heavy atom. The molecule has 3 aromatic rings. The van der Waals surface area contributed by atoms with Crippen LogP contribution in [-0.4, -0.2) is 49.1 Å². The van der Waals surface area contributed by atoms with Crippen LogP contribution in [0, 0.1) is 11.3 Å². The summed E-state index contributed by atoms with van der Waals surface area (Å²) in [6.45, 7) is 4.21. The van der Waals surface area contributed by atoms with E-state index in [4.69, 9.17) is 0 Å². The predicted molar refractivity (Wildman–Crippen MR) is 135 cm³/mol. The van der Waals surface area contributed by atoms with Crippen molar-refractivity contribution >= 4 is 22.8 Å². The third-order valence-electron chi connectivity index (χ3n) is 7.04. The number of hydrogen-bond donors (Lipinski definition) is 3. The van der Waals surface area contributed by atoms with E-state index in [-0.39, 0.29) is 11.5 Å². The van der Waals surface area contributed by atoms with Gasteiger partial charge in [-0.3, -0.25) is 9.59 Å². The molecule has 0 aliphatic heterocycles. The lowest BCUT2D eigenvalue weighted by Gasteiger charge is -2.31. The van der Waals surface area contributed by atoms with Gasteiger partial charge in [0.15, 0.2) is 5.69 Å². The minimum Gasteiger partial charge on any atom is -0.350 e. The number of hydrogen-bond acceptors (Lipinski definition) is 5. The maximum absolute atomic E-state index is 13.8. The second kappa shape index (κ2) is 11.3. The number of nitrogens with zero attached hydrogens (tertiary/aromatic N) is 4. The predicted octanol–water partition coefficient (Wildman–Crippen LogP) is 5.53. The van der Waals surface area contributed by atoms with E-state index in [1.165, 1.54) is 11.0 Å². The molecule has 4 rings (SSSR count). The maximum atomic E-state index is 13.8. The van der Waals surface area contributed by atoms with Crippen molar-refractivity contribution in [3.63, 3.8) is 0 Å². The molecular formula is C26H31F6N7O2. The second-order valence-electron chi connectivity index (χ2n) is 11.1. The van der Waals surface area contributed by atoms with E-state index in [2.05, 4.69) is 30.8 Å². The van der Waals surface area contributed by atoms with Gasteiger partial charge >= 0.3 is 12.4 Å². The van der Waals surface area contributed by atoms with Gasteiger partial charge in [0.1, 0.15) is 5.82 Å². The van der Waals surface area contributed by atoms with Crippen molar-refractivity contribution < 1.29 is 35.9 Å². The topological polar surface area (TPSA) is 118 Å². The summed E-state index contributed by atoms with van der Waals surface area (Å²) in [5.74, 6) is -0.942. The third kappa shape index (κ3) is 7.97. The van der Waals surface area contributed by atoms with Crippen molar-refractivity contribution in [3.8, 4) is 0 Å². The molecule has 3 N–H and O–H groups in total. The number of amides is 2. The zero-order chi connectivity index (χ0) is 30.2. The van der Waals surface area contributed by atoms with Crippen molar-refractivity contribution in [3.05, 3.63) is 41.5 Å². The molecule has 224 valence electrons. The molecule has 2 atom stereocenters. The number of nitrogens with one attached hydrogen (secondary N) is 3. The number of H-pyrrole nitrogens is 1. The number of carbonyl (C=O) groups is 2. The van der Waals surface area contributed by atoms with Crippen LogP contribution >= 0.6 is 0 Å². The van der Waals surface area contributed by atoms with Crippen molar-refractivity contribution in [2.75, 3.05) is 0 Å². The Morgan fingerprint density at radius 2 is 1.83 bits per heavy atom. The van der Waals surface area contributed by atoms with E-state index in [0.29, 0.717) is 29.1 Å². The summed E-state index contributed by atoms with van der Waals surface area (Å²) in [5, 5.41) is 13.3. The minimum absolute atomic E-state index is 0.0334. The number of halogens is 6. The molecule has 0 spiro atoms. The lowest BCUT2D eigenvalue weighted by atomic mass is 9.84. The number of alkyl halides is 6. The first-order chi connectivity index (χ1) is 19.0. The van der Waals surface area contributed by atoms with Crippen molar-refractivity contribution in [2.24, 2.45) is 11.3 Å². The van der Waals surface area contributed by atoms with Gasteiger partial charge in [0.05, 0.1) is 47.7 Å². The lowest BCUT2D eigenvalue weighted by molar-refractivity contribution is -0.215. The molecule has 1 aliphatic rings. The van der Waals surface area contributed by atoms with Crippen LogP contribution in [-0.2, 0) is 11.3 Å². The zero-order valence-electron chi connectivity index (χ0n) is 22.7. The van der Waals surface area contributed by atoms with E-state index >= 15 is 0 Å². The monoisotopic (exact) mass is 587 g/mol. The lowest BCUT2D eigenvalue weighted by Crippen LogP contribution is -2.39. The highest BCUT2D eigenvalue weighted by Gasteiger charge is 2.49. The van der Waals surface area contributed by atoms with Crippen molar-refractivity contribution in [1.82, 2.24) is 35.6 Å². The summed E-state index contributed by atoms with van der Waals surface area (Å²) in [4.78, 5) is 33.7. The summed E-state index contributed by atoms with van der Waals surface area (Å²) >= 11 is 0. The largest absolute Gasteiger partial charge is 0.394 e. The average molecular weight is 588 g/mol. The van der Waals surface area contributed by atoms with Gasteiger partial charge in [-0.2, -0.15) is 36.2 Å². The van der Waals surface area contributed by atoms with Crippen LogP contribution in [0.1, 0.15) is 86.8 Å². The molecule has 15 heteroatoms. The van der Waals surface area contributed by atoms with Crippen molar-refractivity contribution in [2.45, 2.75) is 83.9 Å². The quantitative estimate of drug-likeness (QED) is 0.255. The molecule has 2 heterocycles. The van der Waals surface area contributed by atoms with E-state index < -0.39 is 60.9 Å². The molecule has 0 unspecified atom stereocenters. The first-order valence-corrected chi connectivity index (χ1v) is 13.1. The fourth-order valence-electron chi connectivity index (χ4n) is 4.23. The Labute approximate surface area is 231 Å². The Balaban J connectivity index is 1.54. The summed E-state index contributed by atoms with van der Waals surface area (Å²) < 4.78 is 78.7. The maximum Gasteiger partial charge on any atom is 0.394 e. The van der Waals surface area contributed by atoms with Gasteiger partial charge in [0, 0.05) is 6.42 Å². The smallest absolute Gasteiger partial charge is 0.350 e. The van der Waals surface area contributed by atoms with Crippen LogP contribution in [0.3, 0.4) is 0 Å². The van der Waals surface area contributed by atoms with Gasteiger partial charge in [0.25, 0.3) is 5.91 Å². The van der Waals surface area contributed by atoms with Crippen LogP contribution < -0.4 is 10.6 Å². The molecule has 9 nitrogen and oxygen atoms in total. The zero-order valence-corrected chi connectivity index (χ0v) is 22.7. The number of imidazole rings is 1. The van der Waals surface area contributed by atoms with Gasteiger partial charge in [-0.15, -0.1) is 5.10 Å². The molecular weight excluding hydrogens is 556 g/mol. The van der Waals surface area contributed by atoms with E-state index in [0.717, 1.165) is 26.7 Å². The summed E-state index contributed by atoms with van der Waals surface area (Å²) in [6.07, 6.45) is -8.14. The molecule has 0 saturated heterocycles. The van der Waals surface area contributed by atoms with Gasteiger partial charge in [-0.05, 0) is 49.8 Å². The molecule has 2 amide bonds. The normalized spacial score (nSPS) is 16.0. The van der Waals surface area contributed by atoms with Crippen LogP contribution in [0.2, 0.25) is 0 Å². The van der Waals surface area contributed by atoms with Crippen molar-refractivity contribution in [1.29, 1.82) is 0 Å². The molecule has 1 aliphatic carbocycles. The molecule has 1 aromatic carbocycles. The highest BCUT2D eigenvalue weighted by Crippen LogP contribution is 2.43. The number of carbonyl (C=O) groups excluding carboxylic acids is 2. The summed E-state index contributed by atoms with van der Waals surface area (Å²) in [6, 6.07) is 2.94. The number of rotatable bonds is 11. The Bertz CT molecular complexity index is 1390. The number of aromatic nitrogens is 5.